The molecule has 2 aliphatic rings. The smallest absolute Gasteiger partial charge is 0.126 e. The molecule has 3 heteroatoms. The van der Waals surface area contributed by atoms with Crippen molar-refractivity contribution in [3.05, 3.63) is 0 Å². The minimum Gasteiger partial charge on any atom is -0.390 e. The second-order valence-corrected chi connectivity index (χ2v) is 4.87. The van der Waals surface area contributed by atoms with Gasteiger partial charge in [-0.1, -0.05) is 25.7 Å². The monoisotopic (exact) mass is 216 g/mol. The van der Waals surface area contributed by atoms with E-state index in [1.54, 1.807) is 0 Å². The summed E-state index contributed by atoms with van der Waals surface area (Å²) in [5, 5.41) is 9.74. The van der Waals surface area contributed by atoms with E-state index in [4.69, 9.17) is 4.74 Å². The molecule has 4 atom stereocenters. The van der Waals surface area contributed by atoms with Crippen molar-refractivity contribution in [3.8, 4) is 0 Å². The van der Waals surface area contributed by atoms with Gasteiger partial charge >= 0.3 is 0 Å². The first-order chi connectivity index (χ1) is 7.27. The van der Waals surface area contributed by atoms with E-state index in [0.717, 1.165) is 44.9 Å². The molecule has 2 rings (SSSR count). The van der Waals surface area contributed by atoms with Gasteiger partial charge in [0.1, 0.15) is 6.17 Å². The molecule has 1 N–H and O–H groups in total. The van der Waals surface area contributed by atoms with Crippen LogP contribution in [0.25, 0.3) is 0 Å². The summed E-state index contributed by atoms with van der Waals surface area (Å²) in [7, 11) is 0. The lowest BCUT2D eigenvalue weighted by Gasteiger charge is -2.34. The zero-order chi connectivity index (χ0) is 10.7. The summed E-state index contributed by atoms with van der Waals surface area (Å²) in [4.78, 5) is 0. The molecule has 0 bridgehead atoms. The van der Waals surface area contributed by atoms with Gasteiger partial charge < -0.3 is 9.84 Å². The molecule has 0 amide bonds. The Morgan fingerprint density at radius 1 is 0.867 bits per heavy atom. The summed E-state index contributed by atoms with van der Waals surface area (Å²) in [6, 6.07) is 0. The molecule has 2 aliphatic carbocycles. The van der Waals surface area contributed by atoms with E-state index < -0.39 is 6.17 Å². The predicted octanol–water partition coefficient (Wildman–Crippen LogP) is 2.59. The third-order valence-electron chi connectivity index (χ3n) is 3.64. The number of alkyl halides is 1. The molecule has 15 heavy (non-hydrogen) atoms. The van der Waals surface area contributed by atoms with E-state index in [1.807, 2.05) is 0 Å². The fraction of sp³-hybridized carbons (Fsp3) is 1.00. The van der Waals surface area contributed by atoms with Crippen molar-refractivity contribution >= 4 is 0 Å². The maximum absolute atomic E-state index is 13.5. The molecule has 0 aromatic carbocycles. The Morgan fingerprint density at radius 2 is 1.47 bits per heavy atom. The number of aliphatic hydroxyl groups is 1. The first-order valence-corrected chi connectivity index (χ1v) is 6.25. The Morgan fingerprint density at radius 3 is 2.13 bits per heavy atom. The summed E-state index contributed by atoms with van der Waals surface area (Å²) in [6.07, 6.45) is 5.84. The van der Waals surface area contributed by atoms with Gasteiger partial charge in [-0.05, 0) is 25.7 Å². The predicted molar refractivity (Wildman–Crippen MR) is 56.5 cm³/mol. The summed E-state index contributed by atoms with van der Waals surface area (Å²) < 4.78 is 19.3. The van der Waals surface area contributed by atoms with Crippen molar-refractivity contribution in [2.45, 2.75) is 75.9 Å². The van der Waals surface area contributed by atoms with Crippen LogP contribution in [0.3, 0.4) is 0 Å². The lowest BCUT2D eigenvalue weighted by Crippen LogP contribution is -2.40. The fourth-order valence-electron chi connectivity index (χ4n) is 2.67. The number of ether oxygens (including phenoxy) is 1. The molecular weight excluding hydrogens is 195 g/mol. The standard InChI is InChI=1S/C12H21FO2/c13-9-5-1-3-7-11(9)15-12-8-4-2-6-10(12)14/h9-12,14H,1-8H2/t9-,10-,11-,12-/m1/s1. The SMILES string of the molecule is O[C@@H]1CCCC[C@H]1O[C@@H]1CCCC[C@H]1F. The van der Waals surface area contributed by atoms with E-state index >= 15 is 0 Å². The Bertz CT molecular complexity index is 178. The highest BCUT2D eigenvalue weighted by molar-refractivity contribution is 4.81. The van der Waals surface area contributed by atoms with Crippen LogP contribution in [0.4, 0.5) is 4.39 Å². The molecule has 0 aliphatic heterocycles. The highest BCUT2D eigenvalue weighted by Crippen LogP contribution is 2.29. The number of hydrogen-bond acceptors (Lipinski definition) is 2. The van der Waals surface area contributed by atoms with Gasteiger partial charge in [0.05, 0.1) is 18.3 Å². The second-order valence-electron chi connectivity index (χ2n) is 4.87. The summed E-state index contributed by atoms with van der Waals surface area (Å²) in [6.45, 7) is 0. The first kappa shape index (κ1) is 11.3. The van der Waals surface area contributed by atoms with Gasteiger partial charge in [0.2, 0.25) is 0 Å². The second kappa shape index (κ2) is 5.26. The highest BCUT2D eigenvalue weighted by Gasteiger charge is 2.31. The largest absolute Gasteiger partial charge is 0.390 e. The summed E-state index contributed by atoms with van der Waals surface area (Å²) >= 11 is 0. The van der Waals surface area contributed by atoms with Gasteiger partial charge in [-0.25, -0.2) is 4.39 Å². The van der Waals surface area contributed by atoms with Crippen LogP contribution in [0.5, 0.6) is 0 Å². The van der Waals surface area contributed by atoms with E-state index in [2.05, 4.69) is 0 Å². The lowest BCUT2D eigenvalue weighted by atomic mass is 9.92. The van der Waals surface area contributed by atoms with Crippen molar-refractivity contribution in [1.29, 1.82) is 0 Å². The Labute approximate surface area is 90.8 Å². The zero-order valence-electron chi connectivity index (χ0n) is 9.20. The highest BCUT2D eigenvalue weighted by atomic mass is 19.1. The van der Waals surface area contributed by atoms with Crippen molar-refractivity contribution in [1.82, 2.24) is 0 Å². The van der Waals surface area contributed by atoms with Gasteiger partial charge in [0.25, 0.3) is 0 Å². The van der Waals surface area contributed by atoms with Gasteiger partial charge in [-0.2, -0.15) is 0 Å². The van der Waals surface area contributed by atoms with Crippen LogP contribution in [-0.2, 0) is 4.74 Å². The normalized spacial score (nSPS) is 42.8. The molecule has 0 aromatic rings. The van der Waals surface area contributed by atoms with E-state index in [0.29, 0.717) is 6.42 Å². The van der Waals surface area contributed by atoms with Gasteiger partial charge in [0, 0.05) is 0 Å². The quantitative estimate of drug-likeness (QED) is 0.768. The molecule has 0 saturated heterocycles. The van der Waals surface area contributed by atoms with Crippen LogP contribution in [0.2, 0.25) is 0 Å². The lowest BCUT2D eigenvalue weighted by molar-refractivity contribution is -0.124. The zero-order valence-corrected chi connectivity index (χ0v) is 9.20. The molecule has 0 aromatic heterocycles. The van der Waals surface area contributed by atoms with E-state index in [-0.39, 0.29) is 18.3 Å². The number of aliphatic hydroxyl groups excluding tert-OH is 1. The molecule has 88 valence electrons. The molecule has 0 heterocycles. The molecule has 0 unspecified atom stereocenters. The Kier molecular flexibility index (Phi) is 3.98. The summed E-state index contributed by atoms with van der Waals surface area (Å²) in [5.74, 6) is 0. The van der Waals surface area contributed by atoms with Crippen LogP contribution in [-0.4, -0.2) is 29.6 Å². The number of rotatable bonds is 2. The third kappa shape index (κ3) is 2.91. The van der Waals surface area contributed by atoms with Gasteiger partial charge in [-0.15, -0.1) is 0 Å². The van der Waals surface area contributed by atoms with Crippen molar-refractivity contribution < 1.29 is 14.2 Å². The van der Waals surface area contributed by atoms with Crippen molar-refractivity contribution in [2.75, 3.05) is 0 Å². The minimum absolute atomic E-state index is 0.111. The Hall–Kier alpha value is -0.150. The van der Waals surface area contributed by atoms with Crippen LogP contribution in [0.15, 0.2) is 0 Å². The molecular formula is C12H21FO2. The fourth-order valence-corrected chi connectivity index (χ4v) is 2.67. The summed E-state index contributed by atoms with van der Waals surface area (Å²) in [5.41, 5.74) is 0. The Balaban J connectivity index is 1.83. The first-order valence-electron chi connectivity index (χ1n) is 6.25. The maximum atomic E-state index is 13.5. The maximum Gasteiger partial charge on any atom is 0.126 e. The van der Waals surface area contributed by atoms with Gasteiger partial charge in [-0.3, -0.25) is 0 Å². The molecule has 0 radical (unpaired) electrons. The van der Waals surface area contributed by atoms with Crippen molar-refractivity contribution in [3.63, 3.8) is 0 Å². The molecule has 2 nitrogen and oxygen atoms in total. The topological polar surface area (TPSA) is 29.5 Å². The van der Waals surface area contributed by atoms with Gasteiger partial charge in [0.15, 0.2) is 0 Å². The van der Waals surface area contributed by atoms with Crippen LogP contribution in [0, 0.1) is 0 Å². The minimum atomic E-state index is -0.812. The third-order valence-corrected chi connectivity index (χ3v) is 3.64. The van der Waals surface area contributed by atoms with E-state index in [9.17, 15) is 9.50 Å². The molecule has 0 spiro atoms. The van der Waals surface area contributed by atoms with Crippen LogP contribution < -0.4 is 0 Å². The van der Waals surface area contributed by atoms with Crippen molar-refractivity contribution in [2.24, 2.45) is 0 Å². The number of halogens is 1. The average Bonchev–Trinajstić information content (AvgIpc) is 2.24. The van der Waals surface area contributed by atoms with Crippen LogP contribution >= 0.6 is 0 Å². The number of hydrogen-bond donors (Lipinski definition) is 1. The molecule has 2 fully saturated rings. The molecule has 2 saturated carbocycles. The van der Waals surface area contributed by atoms with Crippen LogP contribution in [0.1, 0.15) is 51.4 Å². The average molecular weight is 216 g/mol. The van der Waals surface area contributed by atoms with E-state index in [1.165, 1.54) is 0 Å².